The van der Waals surface area contributed by atoms with Crippen molar-refractivity contribution in [1.29, 1.82) is 0 Å². The van der Waals surface area contributed by atoms with E-state index in [0.717, 1.165) is 5.56 Å². The van der Waals surface area contributed by atoms with Gasteiger partial charge < -0.3 is 10.1 Å². The lowest BCUT2D eigenvalue weighted by molar-refractivity contribution is -0.139. The van der Waals surface area contributed by atoms with E-state index in [4.69, 9.17) is 4.74 Å². The molecule has 1 N–H and O–H groups in total. The number of esters is 1. The number of nitrogens with one attached hydrogen (secondary N) is 1. The Hall–Kier alpha value is -2.43. The van der Waals surface area contributed by atoms with E-state index < -0.39 is 22.0 Å². The van der Waals surface area contributed by atoms with Crippen LogP contribution >= 0.6 is 0 Å². The molecule has 1 aromatic carbocycles. The van der Waals surface area contributed by atoms with Gasteiger partial charge >= 0.3 is 12.0 Å². The number of urea groups is 1. The first-order chi connectivity index (χ1) is 15.3. The molecule has 0 bridgehead atoms. The minimum absolute atomic E-state index is 0.0771. The Morgan fingerprint density at radius 1 is 1.09 bits per heavy atom. The molecular weight excluding hydrogens is 432 g/mol. The number of hydrogen-bond acceptors (Lipinski definition) is 6. The second kappa shape index (κ2) is 10.5. The van der Waals surface area contributed by atoms with Crippen LogP contribution in [0.1, 0.15) is 32.4 Å². The van der Waals surface area contributed by atoms with Gasteiger partial charge in [-0.05, 0) is 26.3 Å². The lowest BCUT2D eigenvalue weighted by atomic mass is 9.94. The molecule has 0 aliphatic carbocycles. The van der Waals surface area contributed by atoms with Crippen LogP contribution in [0.4, 0.5) is 4.79 Å². The lowest BCUT2D eigenvalue weighted by Gasteiger charge is -2.40. The highest BCUT2D eigenvalue weighted by molar-refractivity contribution is 7.89. The average Bonchev–Trinajstić information content (AvgIpc) is 2.80. The molecule has 2 aliphatic rings. The molecule has 0 spiro atoms. The number of likely N-dealkylation sites (N-methyl/N-ethyl adjacent to an activating group) is 1. The highest BCUT2D eigenvalue weighted by Gasteiger charge is 2.38. The number of ether oxygens (including phenoxy) is 1. The summed E-state index contributed by atoms with van der Waals surface area (Å²) in [6.07, 6.45) is 0. The molecule has 0 unspecified atom stereocenters. The summed E-state index contributed by atoms with van der Waals surface area (Å²) in [4.78, 5) is 29.6. The molecule has 10 heteroatoms. The normalized spacial score (nSPS) is 20.9. The third kappa shape index (κ3) is 5.13. The van der Waals surface area contributed by atoms with Crippen LogP contribution in [0, 0.1) is 0 Å². The van der Waals surface area contributed by atoms with Crippen molar-refractivity contribution in [3.63, 3.8) is 0 Å². The van der Waals surface area contributed by atoms with Crippen molar-refractivity contribution in [1.82, 2.24) is 19.4 Å². The van der Waals surface area contributed by atoms with Gasteiger partial charge in [0.2, 0.25) is 10.0 Å². The smallest absolute Gasteiger partial charge is 0.338 e. The maximum Gasteiger partial charge on any atom is 0.338 e. The van der Waals surface area contributed by atoms with Gasteiger partial charge in [0.15, 0.2) is 0 Å². The van der Waals surface area contributed by atoms with E-state index in [9.17, 15) is 18.0 Å². The second-order valence-electron chi connectivity index (χ2n) is 7.69. The van der Waals surface area contributed by atoms with Gasteiger partial charge in [-0.15, -0.1) is 0 Å². The number of rotatable bonds is 8. The van der Waals surface area contributed by atoms with Gasteiger partial charge in [-0.1, -0.05) is 30.3 Å². The van der Waals surface area contributed by atoms with Crippen LogP contribution in [0.3, 0.4) is 0 Å². The molecular formula is C22H32N4O5S. The van der Waals surface area contributed by atoms with Crippen LogP contribution in [0.5, 0.6) is 0 Å². The molecule has 1 fully saturated rings. The molecule has 0 aromatic heterocycles. The molecule has 0 radical (unpaired) electrons. The fourth-order valence-corrected chi connectivity index (χ4v) is 5.20. The average molecular weight is 465 g/mol. The van der Waals surface area contributed by atoms with Crippen molar-refractivity contribution in [2.45, 2.75) is 26.8 Å². The van der Waals surface area contributed by atoms with E-state index >= 15 is 0 Å². The molecule has 2 heterocycles. The highest BCUT2D eigenvalue weighted by Crippen LogP contribution is 2.32. The summed E-state index contributed by atoms with van der Waals surface area (Å²) in [5.74, 6) is -0.379. The lowest BCUT2D eigenvalue weighted by Crippen LogP contribution is -2.53. The van der Waals surface area contributed by atoms with E-state index in [-0.39, 0.29) is 18.4 Å². The van der Waals surface area contributed by atoms with Crippen molar-refractivity contribution < 1.29 is 22.7 Å². The molecule has 9 nitrogen and oxygen atoms in total. The Morgan fingerprint density at radius 2 is 1.75 bits per heavy atom. The summed E-state index contributed by atoms with van der Waals surface area (Å²) in [5, 5.41) is 2.95. The monoisotopic (exact) mass is 464 g/mol. The molecule has 3 rings (SSSR count). The standard InChI is InChI=1S/C22H32N4O5S/c1-4-26-18(16-24-12-14-25(15-13-24)32(29,30)6-3)19(21(27)31-5-2)20(23-22(26)28)17-10-8-7-9-11-17/h7-11,20H,4-6,12-16H2,1-3H3,(H,23,28)/t20-/m1/s1. The zero-order chi connectivity index (χ0) is 23.3. The Kier molecular flexibility index (Phi) is 7.91. The fourth-order valence-electron chi connectivity index (χ4n) is 4.11. The van der Waals surface area contributed by atoms with Crippen LogP contribution in [0.15, 0.2) is 41.6 Å². The van der Waals surface area contributed by atoms with Crippen LogP contribution in [0.2, 0.25) is 0 Å². The van der Waals surface area contributed by atoms with Crippen molar-refractivity contribution in [3.8, 4) is 0 Å². The zero-order valence-electron chi connectivity index (χ0n) is 18.9. The third-order valence-corrected chi connectivity index (χ3v) is 7.73. The first-order valence-electron chi connectivity index (χ1n) is 11.1. The van der Waals surface area contributed by atoms with Gasteiger partial charge in [-0.3, -0.25) is 9.80 Å². The number of benzene rings is 1. The molecule has 32 heavy (non-hydrogen) atoms. The summed E-state index contributed by atoms with van der Waals surface area (Å²) in [5.41, 5.74) is 1.83. The SMILES string of the molecule is CCOC(=O)C1=C(CN2CCN(S(=O)(=O)CC)CC2)N(CC)C(=O)N[C@@H]1c1ccccc1. The summed E-state index contributed by atoms with van der Waals surface area (Å²) in [6, 6.07) is 8.48. The van der Waals surface area contributed by atoms with E-state index in [0.29, 0.717) is 50.5 Å². The quantitative estimate of drug-likeness (QED) is 0.586. The number of nitrogens with zero attached hydrogens (tertiary/aromatic N) is 3. The number of hydrogen-bond donors (Lipinski definition) is 1. The number of carbonyl (C=O) groups excluding carboxylic acids is 2. The van der Waals surface area contributed by atoms with Gasteiger partial charge in [0.25, 0.3) is 0 Å². The molecule has 0 saturated carbocycles. The van der Waals surface area contributed by atoms with Crippen LogP contribution < -0.4 is 5.32 Å². The Labute approximate surface area is 190 Å². The minimum Gasteiger partial charge on any atom is -0.463 e. The molecule has 2 amide bonds. The maximum absolute atomic E-state index is 13.1. The van der Waals surface area contributed by atoms with Gasteiger partial charge in [0, 0.05) is 45.0 Å². The van der Waals surface area contributed by atoms with Crippen molar-refractivity contribution in [2.24, 2.45) is 0 Å². The predicted molar refractivity (Wildman–Crippen MR) is 121 cm³/mol. The topological polar surface area (TPSA) is 99.3 Å². The van der Waals surface area contributed by atoms with E-state index in [1.54, 1.807) is 18.7 Å². The fraction of sp³-hybridized carbons (Fsp3) is 0.545. The number of carbonyl (C=O) groups is 2. The summed E-state index contributed by atoms with van der Waals surface area (Å²) < 4.78 is 31.2. The molecule has 1 aromatic rings. The van der Waals surface area contributed by atoms with E-state index in [1.807, 2.05) is 37.3 Å². The molecule has 176 valence electrons. The Bertz CT molecular complexity index is 956. The van der Waals surface area contributed by atoms with E-state index in [2.05, 4.69) is 10.2 Å². The summed E-state index contributed by atoms with van der Waals surface area (Å²) in [6.45, 7) is 8.05. The Balaban J connectivity index is 1.95. The molecule has 1 saturated heterocycles. The second-order valence-corrected chi connectivity index (χ2v) is 9.95. The van der Waals surface area contributed by atoms with Gasteiger partial charge in [0.1, 0.15) is 0 Å². The summed E-state index contributed by atoms with van der Waals surface area (Å²) in [7, 11) is -3.23. The van der Waals surface area contributed by atoms with Gasteiger partial charge in [-0.2, -0.15) is 4.31 Å². The number of sulfonamides is 1. The number of piperazine rings is 1. The van der Waals surface area contributed by atoms with Crippen molar-refractivity contribution >= 4 is 22.0 Å². The van der Waals surface area contributed by atoms with Gasteiger partial charge in [0.05, 0.1) is 24.0 Å². The summed E-state index contributed by atoms with van der Waals surface area (Å²) >= 11 is 0. The highest BCUT2D eigenvalue weighted by atomic mass is 32.2. The van der Waals surface area contributed by atoms with Crippen molar-refractivity contribution in [2.75, 3.05) is 51.6 Å². The maximum atomic E-state index is 13.1. The first-order valence-corrected chi connectivity index (χ1v) is 12.7. The number of amides is 2. The Morgan fingerprint density at radius 3 is 2.31 bits per heavy atom. The van der Waals surface area contributed by atoms with Crippen LogP contribution in [-0.4, -0.2) is 86.2 Å². The minimum atomic E-state index is -3.23. The van der Waals surface area contributed by atoms with Crippen molar-refractivity contribution in [3.05, 3.63) is 47.2 Å². The van der Waals surface area contributed by atoms with Gasteiger partial charge in [-0.25, -0.2) is 18.0 Å². The zero-order valence-corrected chi connectivity index (χ0v) is 19.7. The van der Waals surface area contributed by atoms with Crippen LogP contribution in [-0.2, 0) is 19.6 Å². The molecule has 2 aliphatic heterocycles. The largest absolute Gasteiger partial charge is 0.463 e. The third-order valence-electron chi connectivity index (χ3n) is 5.85. The van der Waals surface area contributed by atoms with Crippen LogP contribution in [0.25, 0.3) is 0 Å². The predicted octanol–water partition coefficient (Wildman–Crippen LogP) is 1.56. The van der Waals surface area contributed by atoms with E-state index in [1.165, 1.54) is 4.31 Å². The molecule has 1 atom stereocenters. The first kappa shape index (κ1) is 24.2.